The second-order valence-corrected chi connectivity index (χ2v) is 6.13. The number of ether oxygens (including phenoxy) is 1. The van der Waals surface area contributed by atoms with Gasteiger partial charge in [0.2, 0.25) is 5.91 Å². The summed E-state index contributed by atoms with van der Waals surface area (Å²) in [5.41, 5.74) is 1.51. The number of aromatic carboxylic acids is 1. The zero-order chi connectivity index (χ0) is 17.8. The third kappa shape index (κ3) is 3.65. The molecule has 0 spiro atoms. The summed E-state index contributed by atoms with van der Waals surface area (Å²) in [4.78, 5) is 26.0. The number of carbonyl (C=O) groups is 2. The number of aromatic amines is 1. The number of carboxylic acid groups (broad SMARTS) is 1. The number of aromatic nitrogens is 2. The lowest BCUT2D eigenvalue weighted by atomic mass is 9.96. The lowest BCUT2D eigenvalue weighted by Gasteiger charge is -2.35. The maximum absolute atomic E-state index is 12.9. The van der Waals surface area contributed by atoms with E-state index in [4.69, 9.17) is 4.74 Å². The molecule has 132 valence electrons. The molecule has 1 aromatic heterocycles. The fourth-order valence-electron chi connectivity index (χ4n) is 3.31. The number of carboxylic acids is 1. The summed E-state index contributed by atoms with van der Waals surface area (Å²) in [5, 5.41) is 16.0. The molecule has 1 aromatic carbocycles. The van der Waals surface area contributed by atoms with Crippen LogP contribution < -0.4 is 4.74 Å². The summed E-state index contributed by atoms with van der Waals surface area (Å²) in [6.07, 6.45) is 4.15. The van der Waals surface area contributed by atoms with Gasteiger partial charge in [-0.25, -0.2) is 4.79 Å². The van der Waals surface area contributed by atoms with Crippen LogP contribution in [0.5, 0.6) is 5.75 Å². The SMILES string of the molecule is COc1cccc(CC(=O)N2CCCCC2c2[nH]ncc2C(=O)O)c1. The minimum atomic E-state index is -1.03. The van der Waals surface area contributed by atoms with Gasteiger partial charge in [-0.1, -0.05) is 12.1 Å². The van der Waals surface area contributed by atoms with Crippen molar-refractivity contribution in [2.75, 3.05) is 13.7 Å². The van der Waals surface area contributed by atoms with E-state index in [1.54, 1.807) is 12.0 Å². The quantitative estimate of drug-likeness (QED) is 0.869. The molecule has 1 saturated heterocycles. The van der Waals surface area contributed by atoms with Gasteiger partial charge in [-0.15, -0.1) is 0 Å². The molecule has 0 bridgehead atoms. The molecule has 2 N–H and O–H groups in total. The zero-order valence-corrected chi connectivity index (χ0v) is 14.1. The minimum absolute atomic E-state index is 0.0242. The number of amides is 1. The number of hydrogen-bond donors (Lipinski definition) is 2. The molecular weight excluding hydrogens is 322 g/mol. The summed E-state index contributed by atoms with van der Waals surface area (Å²) in [5.74, 6) is -0.347. The molecule has 1 unspecified atom stereocenters. The number of carbonyl (C=O) groups excluding carboxylic acids is 1. The van der Waals surface area contributed by atoms with Gasteiger partial charge in [-0.3, -0.25) is 9.89 Å². The van der Waals surface area contributed by atoms with Gasteiger partial charge in [-0.2, -0.15) is 5.10 Å². The van der Waals surface area contributed by atoms with Gasteiger partial charge < -0.3 is 14.7 Å². The van der Waals surface area contributed by atoms with Crippen molar-refractivity contribution in [1.82, 2.24) is 15.1 Å². The highest BCUT2D eigenvalue weighted by Crippen LogP contribution is 2.32. The van der Waals surface area contributed by atoms with E-state index in [9.17, 15) is 14.7 Å². The first-order valence-electron chi connectivity index (χ1n) is 8.29. The number of nitrogens with one attached hydrogen (secondary N) is 1. The second kappa shape index (κ2) is 7.38. The van der Waals surface area contributed by atoms with Crippen LogP contribution in [-0.4, -0.2) is 45.7 Å². The molecule has 1 amide bonds. The molecule has 1 aliphatic rings. The van der Waals surface area contributed by atoms with Crippen LogP contribution in [0.25, 0.3) is 0 Å². The Hall–Kier alpha value is -2.83. The van der Waals surface area contributed by atoms with E-state index < -0.39 is 5.97 Å². The minimum Gasteiger partial charge on any atom is -0.497 e. The molecule has 0 aliphatic carbocycles. The Morgan fingerprint density at radius 2 is 2.24 bits per heavy atom. The topological polar surface area (TPSA) is 95.5 Å². The van der Waals surface area contributed by atoms with Crippen LogP contribution in [-0.2, 0) is 11.2 Å². The van der Waals surface area contributed by atoms with Crippen molar-refractivity contribution in [3.63, 3.8) is 0 Å². The summed E-state index contributed by atoms with van der Waals surface area (Å²) in [6, 6.07) is 7.14. The van der Waals surface area contributed by atoms with Crippen molar-refractivity contribution < 1.29 is 19.4 Å². The van der Waals surface area contributed by atoms with Crippen molar-refractivity contribution in [2.24, 2.45) is 0 Å². The Morgan fingerprint density at radius 1 is 1.40 bits per heavy atom. The van der Waals surface area contributed by atoms with Crippen molar-refractivity contribution in [3.05, 3.63) is 47.3 Å². The van der Waals surface area contributed by atoms with Crippen LogP contribution in [0, 0.1) is 0 Å². The number of H-pyrrole nitrogens is 1. The molecule has 1 aliphatic heterocycles. The summed E-state index contributed by atoms with van der Waals surface area (Å²) in [6.45, 7) is 0.617. The highest BCUT2D eigenvalue weighted by molar-refractivity contribution is 5.89. The Labute approximate surface area is 145 Å². The van der Waals surface area contributed by atoms with Crippen molar-refractivity contribution in [1.29, 1.82) is 0 Å². The molecule has 3 rings (SSSR count). The highest BCUT2D eigenvalue weighted by Gasteiger charge is 2.32. The average molecular weight is 343 g/mol. The van der Waals surface area contributed by atoms with Crippen LogP contribution >= 0.6 is 0 Å². The van der Waals surface area contributed by atoms with Gasteiger partial charge in [0.25, 0.3) is 0 Å². The number of piperidine rings is 1. The summed E-state index contributed by atoms with van der Waals surface area (Å²) < 4.78 is 5.20. The van der Waals surface area contributed by atoms with Gasteiger partial charge in [-0.05, 0) is 37.0 Å². The number of nitrogens with zero attached hydrogens (tertiary/aromatic N) is 2. The van der Waals surface area contributed by atoms with Crippen LogP contribution in [0.4, 0.5) is 0 Å². The molecular formula is C18H21N3O4. The number of methoxy groups -OCH3 is 1. The van der Waals surface area contributed by atoms with Gasteiger partial charge in [0.05, 0.1) is 31.5 Å². The van der Waals surface area contributed by atoms with Crippen molar-refractivity contribution in [3.8, 4) is 5.75 Å². The van der Waals surface area contributed by atoms with Crippen LogP contribution in [0.15, 0.2) is 30.5 Å². The number of likely N-dealkylation sites (tertiary alicyclic amines) is 1. The molecule has 7 heteroatoms. The molecule has 2 heterocycles. The van der Waals surface area contributed by atoms with E-state index in [0.29, 0.717) is 18.0 Å². The normalized spacial score (nSPS) is 17.3. The first-order valence-corrected chi connectivity index (χ1v) is 8.29. The number of rotatable bonds is 5. The number of benzene rings is 1. The van der Waals surface area contributed by atoms with Crippen LogP contribution in [0.1, 0.15) is 46.9 Å². The predicted octanol–water partition coefficient (Wildman–Crippen LogP) is 2.41. The average Bonchev–Trinajstić information content (AvgIpc) is 3.12. The van der Waals surface area contributed by atoms with Gasteiger partial charge in [0.1, 0.15) is 11.3 Å². The fraction of sp³-hybridized carbons (Fsp3) is 0.389. The Bertz CT molecular complexity index is 771. The number of hydrogen-bond acceptors (Lipinski definition) is 4. The van der Waals surface area contributed by atoms with Gasteiger partial charge >= 0.3 is 5.97 Å². The third-order valence-corrected chi connectivity index (χ3v) is 4.55. The summed E-state index contributed by atoms with van der Waals surface area (Å²) in [7, 11) is 1.59. The van der Waals surface area contributed by atoms with Crippen LogP contribution in [0.2, 0.25) is 0 Å². The fourth-order valence-corrected chi connectivity index (χ4v) is 3.31. The lowest BCUT2D eigenvalue weighted by molar-refractivity contribution is -0.134. The van der Waals surface area contributed by atoms with E-state index in [0.717, 1.165) is 24.8 Å². The first-order chi connectivity index (χ1) is 12.1. The maximum Gasteiger partial charge on any atom is 0.339 e. The predicted molar refractivity (Wildman–Crippen MR) is 90.6 cm³/mol. The molecule has 0 saturated carbocycles. The Balaban J connectivity index is 1.81. The van der Waals surface area contributed by atoms with E-state index in [1.165, 1.54) is 6.20 Å². The summed E-state index contributed by atoms with van der Waals surface area (Å²) >= 11 is 0. The molecule has 0 radical (unpaired) electrons. The maximum atomic E-state index is 12.9. The van der Waals surface area contributed by atoms with Crippen molar-refractivity contribution in [2.45, 2.75) is 31.7 Å². The highest BCUT2D eigenvalue weighted by atomic mass is 16.5. The first kappa shape index (κ1) is 17.0. The smallest absolute Gasteiger partial charge is 0.339 e. The van der Waals surface area contributed by atoms with E-state index in [1.807, 2.05) is 24.3 Å². The monoisotopic (exact) mass is 343 g/mol. The van der Waals surface area contributed by atoms with Crippen LogP contribution in [0.3, 0.4) is 0 Å². The molecule has 1 fully saturated rings. The van der Waals surface area contributed by atoms with E-state index >= 15 is 0 Å². The third-order valence-electron chi connectivity index (χ3n) is 4.55. The lowest BCUT2D eigenvalue weighted by Crippen LogP contribution is -2.40. The Kier molecular flexibility index (Phi) is 5.02. The largest absolute Gasteiger partial charge is 0.497 e. The van der Waals surface area contributed by atoms with E-state index in [2.05, 4.69) is 10.2 Å². The van der Waals surface area contributed by atoms with Gasteiger partial charge in [0, 0.05) is 6.54 Å². The van der Waals surface area contributed by atoms with E-state index in [-0.39, 0.29) is 23.9 Å². The van der Waals surface area contributed by atoms with Gasteiger partial charge in [0.15, 0.2) is 0 Å². The molecule has 2 aromatic rings. The zero-order valence-electron chi connectivity index (χ0n) is 14.1. The Morgan fingerprint density at radius 3 is 3.00 bits per heavy atom. The second-order valence-electron chi connectivity index (χ2n) is 6.13. The molecule has 1 atom stereocenters. The molecule has 7 nitrogen and oxygen atoms in total. The standard InChI is InChI=1S/C18H21N3O4/c1-25-13-6-4-5-12(9-13)10-16(22)21-8-3-2-7-15(21)17-14(18(23)24)11-19-20-17/h4-6,9,11,15H,2-3,7-8,10H2,1H3,(H,19,20)(H,23,24). The molecule has 25 heavy (non-hydrogen) atoms. The van der Waals surface area contributed by atoms with Crippen molar-refractivity contribution >= 4 is 11.9 Å².